The fourth-order valence-corrected chi connectivity index (χ4v) is 3.45. The Labute approximate surface area is 120 Å². The van der Waals surface area contributed by atoms with Gasteiger partial charge < -0.3 is 5.11 Å². The molecule has 0 spiro atoms. The number of aliphatic hydroxyl groups excluding tert-OH is 1. The molecule has 0 bridgehead atoms. The zero-order valence-electron chi connectivity index (χ0n) is 11.8. The van der Waals surface area contributed by atoms with Crippen LogP contribution in [-0.2, 0) is 5.41 Å². The van der Waals surface area contributed by atoms with Gasteiger partial charge in [0.15, 0.2) is 0 Å². The fraction of sp³-hybridized carbons (Fsp3) is 0.263. The molecule has 1 fully saturated rings. The molecule has 1 saturated carbocycles. The van der Waals surface area contributed by atoms with Gasteiger partial charge in [-0.15, -0.1) is 0 Å². The van der Waals surface area contributed by atoms with Crippen LogP contribution in [0, 0.1) is 0 Å². The van der Waals surface area contributed by atoms with E-state index in [1.54, 1.807) is 0 Å². The van der Waals surface area contributed by atoms with Gasteiger partial charge in [0, 0.05) is 11.3 Å². The van der Waals surface area contributed by atoms with E-state index in [0.717, 1.165) is 17.6 Å². The molecule has 0 aromatic heterocycles. The van der Waals surface area contributed by atoms with E-state index in [4.69, 9.17) is 0 Å². The van der Waals surface area contributed by atoms with Gasteiger partial charge in [0.25, 0.3) is 0 Å². The van der Waals surface area contributed by atoms with Crippen molar-refractivity contribution in [2.45, 2.75) is 30.8 Å². The van der Waals surface area contributed by atoms with Crippen LogP contribution >= 0.6 is 0 Å². The average Bonchev–Trinajstić information content (AvgIpc) is 2.72. The fourth-order valence-electron chi connectivity index (χ4n) is 3.45. The number of benzene rings is 2. The van der Waals surface area contributed by atoms with Crippen LogP contribution in [0.3, 0.4) is 0 Å². The first-order chi connectivity index (χ1) is 9.63. The molecule has 3 unspecified atom stereocenters. The summed E-state index contributed by atoms with van der Waals surface area (Å²) in [5.74, 6) is 0.0291. The summed E-state index contributed by atoms with van der Waals surface area (Å²) in [6.07, 6.45) is 0.400. The molecule has 3 atom stereocenters. The molecule has 1 aliphatic rings. The Balaban J connectivity index is 2.01. The first-order valence-electron chi connectivity index (χ1n) is 7.09. The van der Waals surface area contributed by atoms with Gasteiger partial charge in [0.2, 0.25) is 0 Å². The minimum atomic E-state index is -0.431. The topological polar surface area (TPSA) is 20.2 Å². The lowest BCUT2D eigenvalue weighted by molar-refractivity contribution is 0.103. The van der Waals surface area contributed by atoms with Crippen LogP contribution in [0.5, 0.6) is 0 Å². The number of aliphatic hydroxyl groups is 1. The third-order valence-corrected chi connectivity index (χ3v) is 4.59. The Bertz CT molecular complexity index is 602. The monoisotopic (exact) mass is 264 g/mol. The maximum Gasteiger partial charge on any atom is 0.0742 e. The van der Waals surface area contributed by atoms with Gasteiger partial charge in [-0.2, -0.15) is 0 Å². The van der Waals surface area contributed by atoms with Gasteiger partial charge in [-0.3, -0.25) is 0 Å². The first-order valence-corrected chi connectivity index (χ1v) is 7.09. The lowest BCUT2D eigenvalue weighted by atomic mass is 9.77. The molecule has 0 saturated heterocycles. The maximum atomic E-state index is 10.9. The molecule has 3 rings (SSSR count). The van der Waals surface area contributed by atoms with Crippen LogP contribution in [0.1, 0.15) is 30.4 Å². The van der Waals surface area contributed by atoms with Gasteiger partial charge in [0.1, 0.15) is 0 Å². The lowest BCUT2D eigenvalue weighted by Crippen LogP contribution is -2.34. The Morgan fingerprint density at radius 2 is 1.55 bits per heavy atom. The largest absolute Gasteiger partial charge is 0.391 e. The molecular weight excluding hydrogens is 244 g/mol. The second-order valence-corrected chi connectivity index (χ2v) is 5.95. The minimum Gasteiger partial charge on any atom is -0.391 e. The molecule has 102 valence electrons. The maximum absolute atomic E-state index is 10.9. The second-order valence-electron chi connectivity index (χ2n) is 5.95. The predicted octanol–water partition coefficient (Wildman–Crippen LogP) is 4.05. The second kappa shape index (κ2) is 4.92. The van der Waals surface area contributed by atoms with Crippen molar-refractivity contribution < 1.29 is 5.11 Å². The normalized spacial score (nSPS) is 29.6. The van der Waals surface area contributed by atoms with Crippen molar-refractivity contribution >= 4 is 0 Å². The predicted molar refractivity (Wildman–Crippen MR) is 82.7 cm³/mol. The summed E-state index contributed by atoms with van der Waals surface area (Å²) < 4.78 is 0. The van der Waals surface area contributed by atoms with Crippen LogP contribution in [0.25, 0.3) is 0 Å². The molecule has 0 heterocycles. The third kappa shape index (κ3) is 1.99. The van der Waals surface area contributed by atoms with Crippen molar-refractivity contribution in [3.8, 4) is 0 Å². The Hall–Kier alpha value is -1.86. The summed E-state index contributed by atoms with van der Waals surface area (Å²) in [7, 11) is 0. The molecule has 1 N–H and O–H groups in total. The van der Waals surface area contributed by atoms with Crippen molar-refractivity contribution in [2.75, 3.05) is 0 Å². The summed E-state index contributed by atoms with van der Waals surface area (Å²) in [4.78, 5) is 0. The number of rotatable bonds is 2. The first kappa shape index (κ1) is 13.1. The smallest absolute Gasteiger partial charge is 0.0742 e. The SMILES string of the molecule is C=C1CC(C)(c2ccccc2)C(O)C1c1ccccc1. The highest BCUT2D eigenvalue weighted by atomic mass is 16.3. The van der Waals surface area contributed by atoms with E-state index >= 15 is 0 Å². The molecule has 0 aliphatic heterocycles. The van der Waals surface area contributed by atoms with E-state index in [2.05, 4.69) is 37.8 Å². The molecular formula is C19H20O. The highest BCUT2D eigenvalue weighted by molar-refractivity contribution is 5.41. The summed E-state index contributed by atoms with van der Waals surface area (Å²) in [5, 5.41) is 10.9. The van der Waals surface area contributed by atoms with Crippen LogP contribution in [-0.4, -0.2) is 11.2 Å². The van der Waals surface area contributed by atoms with Crippen LogP contribution in [0.2, 0.25) is 0 Å². The quantitative estimate of drug-likeness (QED) is 0.811. The van der Waals surface area contributed by atoms with E-state index < -0.39 is 6.10 Å². The summed E-state index contributed by atoms with van der Waals surface area (Å²) in [5.41, 5.74) is 3.21. The summed E-state index contributed by atoms with van der Waals surface area (Å²) in [6.45, 7) is 6.36. The summed E-state index contributed by atoms with van der Waals surface area (Å²) >= 11 is 0. The van der Waals surface area contributed by atoms with Crippen molar-refractivity contribution in [2.24, 2.45) is 0 Å². The molecule has 0 amide bonds. The van der Waals surface area contributed by atoms with Crippen LogP contribution in [0.15, 0.2) is 72.8 Å². The average molecular weight is 264 g/mol. The molecule has 20 heavy (non-hydrogen) atoms. The van der Waals surface area contributed by atoms with Gasteiger partial charge >= 0.3 is 0 Å². The van der Waals surface area contributed by atoms with Gasteiger partial charge in [-0.25, -0.2) is 0 Å². The van der Waals surface area contributed by atoms with Gasteiger partial charge in [-0.1, -0.05) is 79.7 Å². The van der Waals surface area contributed by atoms with Crippen LogP contribution in [0.4, 0.5) is 0 Å². The molecule has 1 nitrogen and oxygen atoms in total. The van der Waals surface area contributed by atoms with Crippen molar-refractivity contribution in [3.05, 3.63) is 83.9 Å². The van der Waals surface area contributed by atoms with Crippen molar-refractivity contribution in [1.82, 2.24) is 0 Å². The lowest BCUT2D eigenvalue weighted by Gasteiger charge is -2.30. The van der Waals surface area contributed by atoms with Crippen molar-refractivity contribution in [1.29, 1.82) is 0 Å². The molecule has 1 heteroatoms. The van der Waals surface area contributed by atoms with Gasteiger partial charge in [0.05, 0.1) is 6.10 Å². The molecule has 0 radical (unpaired) electrons. The number of hydrogen-bond donors (Lipinski definition) is 1. The Kier molecular flexibility index (Phi) is 3.23. The van der Waals surface area contributed by atoms with E-state index in [9.17, 15) is 5.11 Å². The van der Waals surface area contributed by atoms with E-state index in [1.807, 2.05) is 36.4 Å². The van der Waals surface area contributed by atoms with E-state index in [0.29, 0.717) is 0 Å². The Morgan fingerprint density at radius 3 is 2.15 bits per heavy atom. The Morgan fingerprint density at radius 1 is 1.00 bits per heavy atom. The van der Waals surface area contributed by atoms with E-state index in [-0.39, 0.29) is 11.3 Å². The molecule has 2 aromatic rings. The summed E-state index contributed by atoms with van der Waals surface area (Å²) in [6, 6.07) is 20.5. The van der Waals surface area contributed by atoms with E-state index in [1.165, 1.54) is 5.56 Å². The van der Waals surface area contributed by atoms with Gasteiger partial charge in [-0.05, 0) is 17.5 Å². The van der Waals surface area contributed by atoms with Crippen molar-refractivity contribution in [3.63, 3.8) is 0 Å². The number of hydrogen-bond acceptors (Lipinski definition) is 1. The zero-order valence-corrected chi connectivity index (χ0v) is 11.8. The molecule has 1 aliphatic carbocycles. The highest BCUT2D eigenvalue weighted by Gasteiger charge is 2.47. The zero-order chi connectivity index (χ0) is 14.2. The standard InChI is InChI=1S/C19H20O/c1-14-13-19(2,16-11-7-4-8-12-16)18(20)17(14)15-9-5-3-6-10-15/h3-12,17-18,20H,1,13H2,2H3. The highest BCUT2D eigenvalue weighted by Crippen LogP contribution is 2.50. The third-order valence-electron chi connectivity index (χ3n) is 4.59. The van der Waals surface area contributed by atoms with Crippen LogP contribution < -0.4 is 0 Å². The molecule has 2 aromatic carbocycles. The minimum absolute atomic E-state index is 0.0291.